The number of ketones is 1. The van der Waals surface area contributed by atoms with E-state index in [1.807, 2.05) is 0 Å². The molecule has 5 nitrogen and oxygen atoms in total. The van der Waals surface area contributed by atoms with Crippen LogP contribution in [0.1, 0.15) is 16.1 Å². The molecule has 126 valence electrons. The molecule has 0 saturated heterocycles. The number of rotatable bonds is 5. The van der Waals surface area contributed by atoms with Crippen LogP contribution >= 0.6 is 11.6 Å². The summed E-state index contributed by atoms with van der Waals surface area (Å²) in [6.45, 7) is 0. The number of anilines is 2. The lowest BCUT2D eigenvalue weighted by molar-refractivity contribution is 0.0992. The second-order valence-corrected chi connectivity index (χ2v) is 5.76. The molecular formula is C18H14ClFN4O. The van der Waals surface area contributed by atoms with Crippen LogP contribution < -0.4 is 4.90 Å². The fourth-order valence-corrected chi connectivity index (χ4v) is 2.54. The third-order valence-corrected chi connectivity index (χ3v) is 3.89. The van der Waals surface area contributed by atoms with Gasteiger partial charge >= 0.3 is 0 Å². The van der Waals surface area contributed by atoms with E-state index in [1.165, 1.54) is 24.5 Å². The van der Waals surface area contributed by atoms with Gasteiger partial charge in [-0.2, -0.15) is 0 Å². The number of carbonyl (C=O) groups excluding carboxylic acids is 1. The largest absolute Gasteiger partial charge is 0.340 e. The van der Waals surface area contributed by atoms with Crippen LogP contribution in [0.3, 0.4) is 0 Å². The molecule has 1 aromatic carbocycles. The fourth-order valence-electron chi connectivity index (χ4n) is 2.36. The Bertz CT molecular complexity index is 905. The van der Waals surface area contributed by atoms with Crippen molar-refractivity contribution in [3.05, 3.63) is 77.3 Å². The van der Waals surface area contributed by atoms with E-state index >= 15 is 0 Å². The first-order valence-electron chi connectivity index (χ1n) is 7.47. The summed E-state index contributed by atoms with van der Waals surface area (Å²) < 4.78 is 14.2. The lowest BCUT2D eigenvalue weighted by atomic mass is 10.0. The van der Waals surface area contributed by atoms with Gasteiger partial charge in [-0.1, -0.05) is 17.7 Å². The topological polar surface area (TPSA) is 59.0 Å². The quantitative estimate of drug-likeness (QED) is 0.513. The molecule has 0 bridgehead atoms. The molecule has 3 rings (SSSR count). The Balaban J connectivity index is 1.87. The van der Waals surface area contributed by atoms with Crippen LogP contribution in [0.2, 0.25) is 5.15 Å². The second-order valence-electron chi connectivity index (χ2n) is 5.37. The molecule has 0 aliphatic carbocycles. The standard InChI is InChI=1S/C18H14ClFN4O/c1-24(14-9-21-11-22-10-14)16-7-12(5-6-15(16)20)17(25)8-13-3-2-4-18(19)23-13/h2-7,9-11H,8H2,1H3. The lowest BCUT2D eigenvalue weighted by Crippen LogP contribution is -2.13. The van der Waals surface area contributed by atoms with E-state index in [2.05, 4.69) is 15.0 Å². The zero-order chi connectivity index (χ0) is 17.8. The third-order valence-electron chi connectivity index (χ3n) is 3.68. The van der Waals surface area contributed by atoms with Gasteiger partial charge in [0.1, 0.15) is 17.3 Å². The van der Waals surface area contributed by atoms with Crippen molar-refractivity contribution in [1.82, 2.24) is 15.0 Å². The number of carbonyl (C=O) groups is 1. The van der Waals surface area contributed by atoms with Gasteiger partial charge in [-0.3, -0.25) is 4.79 Å². The molecule has 2 heterocycles. The molecule has 0 spiro atoms. The first kappa shape index (κ1) is 17.0. The van der Waals surface area contributed by atoms with Crippen molar-refractivity contribution >= 4 is 28.8 Å². The number of halogens is 2. The Hall–Kier alpha value is -2.86. The molecule has 0 saturated carbocycles. The third kappa shape index (κ3) is 3.97. The highest BCUT2D eigenvalue weighted by atomic mass is 35.5. The molecule has 2 aromatic heterocycles. The minimum Gasteiger partial charge on any atom is -0.340 e. The first-order chi connectivity index (χ1) is 12.0. The molecule has 25 heavy (non-hydrogen) atoms. The van der Waals surface area contributed by atoms with E-state index in [4.69, 9.17) is 11.6 Å². The van der Waals surface area contributed by atoms with Gasteiger partial charge in [0, 0.05) is 18.3 Å². The van der Waals surface area contributed by atoms with Crippen molar-refractivity contribution < 1.29 is 9.18 Å². The predicted molar refractivity (Wildman–Crippen MR) is 93.8 cm³/mol. The van der Waals surface area contributed by atoms with Crippen molar-refractivity contribution in [2.75, 3.05) is 11.9 Å². The number of benzene rings is 1. The molecule has 0 aliphatic rings. The summed E-state index contributed by atoms with van der Waals surface area (Å²) in [5.74, 6) is -0.613. The van der Waals surface area contributed by atoms with Crippen LogP contribution in [0, 0.1) is 5.82 Å². The van der Waals surface area contributed by atoms with E-state index in [1.54, 1.807) is 42.5 Å². The summed E-state index contributed by atoms with van der Waals surface area (Å²) in [5, 5.41) is 0.328. The number of Topliss-reactive ketones (excluding diaryl/α,β-unsaturated/α-hetero) is 1. The predicted octanol–water partition coefficient (Wildman–Crippen LogP) is 3.86. The lowest BCUT2D eigenvalue weighted by Gasteiger charge is -2.19. The molecule has 0 unspecified atom stereocenters. The van der Waals surface area contributed by atoms with Crippen molar-refractivity contribution in [1.29, 1.82) is 0 Å². The van der Waals surface area contributed by atoms with E-state index in [0.29, 0.717) is 22.1 Å². The van der Waals surface area contributed by atoms with Gasteiger partial charge in [-0.05, 0) is 30.3 Å². The van der Waals surface area contributed by atoms with Crippen LogP contribution in [-0.4, -0.2) is 27.8 Å². The minimum absolute atomic E-state index is 0.0871. The molecular weight excluding hydrogens is 343 g/mol. The molecule has 3 aromatic rings. The number of hydrogen-bond acceptors (Lipinski definition) is 5. The van der Waals surface area contributed by atoms with Crippen LogP contribution in [0.4, 0.5) is 15.8 Å². The van der Waals surface area contributed by atoms with E-state index < -0.39 is 5.82 Å². The maximum absolute atomic E-state index is 14.2. The first-order valence-corrected chi connectivity index (χ1v) is 7.85. The molecule has 0 fully saturated rings. The minimum atomic E-state index is -0.441. The Morgan fingerprint density at radius 3 is 2.68 bits per heavy atom. The van der Waals surface area contributed by atoms with Crippen molar-refractivity contribution in [3.63, 3.8) is 0 Å². The number of pyridine rings is 1. The maximum Gasteiger partial charge on any atom is 0.168 e. The summed E-state index contributed by atoms with van der Waals surface area (Å²) in [7, 11) is 1.68. The molecule has 0 N–H and O–H groups in total. The van der Waals surface area contributed by atoms with Crippen LogP contribution in [-0.2, 0) is 6.42 Å². The van der Waals surface area contributed by atoms with Gasteiger partial charge in [0.15, 0.2) is 5.78 Å². The van der Waals surface area contributed by atoms with E-state index in [9.17, 15) is 9.18 Å². The van der Waals surface area contributed by atoms with Crippen molar-refractivity contribution in [2.24, 2.45) is 0 Å². The number of nitrogens with zero attached hydrogens (tertiary/aromatic N) is 4. The summed E-state index contributed by atoms with van der Waals surface area (Å²) in [4.78, 5) is 26.0. The fraction of sp³-hybridized carbons (Fsp3) is 0.111. The average Bonchev–Trinajstić information content (AvgIpc) is 2.62. The Kier molecular flexibility index (Phi) is 5.00. The van der Waals surface area contributed by atoms with Crippen LogP contribution in [0.15, 0.2) is 55.1 Å². The van der Waals surface area contributed by atoms with Gasteiger partial charge < -0.3 is 4.90 Å². The molecule has 0 radical (unpaired) electrons. The van der Waals surface area contributed by atoms with E-state index in [-0.39, 0.29) is 17.9 Å². The van der Waals surface area contributed by atoms with Crippen LogP contribution in [0.5, 0.6) is 0 Å². The van der Waals surface area contributed by atoms with Gasteiger partial charge in [0.25, 0.3) is 0 Å². The van der Waals surface area contributed by atoms with Gasteiger partial charge in [0.05, 0.1) is 30.2 Å². The van der Waals surface area contributed by atoms with Crippen LogP contribution in [0.25, 0.3) is 0 Å². The Labute approximate surface area is 149 Å². The highest BCUT2D eigenvalue weighted by Crippen LogP contribution is 2.26. The smallest absolute Gasteiger partial charge is 0.168 e. The summed E-state index contributed by atoms with van der Waals surface area (Å²) in [6, 6.07) is 9.34. The molecule has 0 amide bonds. The van der Waals surface area contributed by atoms with E-state index in [0.717, 1.165) is 0 Å². The van der Waals surface area contributed by atoms with Crippen molar-refractivity contribution in [2.45, 2.75) is 6.42 Å². The summed E-state index contributed by atoms with van der Waals surface area (Å²) >= 11 is 5.84. The number of aromatic nitrogens is 3. The van der Waals surface area contributed by atoms with Gasteiger partial charge in [-0.25, -0.2) is 19.3 Å². The summed E-state index contributed by atoms with van der Waals surface area (Å²) in [6.07, 6.45) is 4.61. The Morgan fingerprint density at radius 1 is 1.20 bits per heavy atom. The highest BCUT2D eigenvalue weighted by Gasteiger charge is 2.15. The molecule has 0 atom stereocenters. The Morgan fingerprint density at radius 2 is 1.96 bits per heavy atom. The zero-order valence-electron chi connectivity index (χ0n) is 13.4. The monoisotopic (exact) mass is 356 g/mol. The normalized spacial score (nSPS) is 10.5. The van der Waals surface area contributed by atoms with Gasteiger partial charge in [0.2, 0.25) is 0 Å². The van der Waals surface area contributed by atoms with Crippen molar-refractivity contribution in [3.8, 4) is 0 Å². The SMILES string of the molecule is CN(c1cncnc1)c1cc(C(=O)Cc2cccc(Cl)n2)ccc1F. The second kappa shape index (κ2) is 7.36. The average molecular weight is 357 g/mol. The van der Waals surface area contributed by atoms with Gasteiger partial charge in [-0.15, -0.1) is 0 Å². The maximum atomic E-state index is 14.2. The zero-order valence-corrected chi connectivity index (χ0v) is 14.1. The molecule has 0 aliphatic heterocycles. The summed E-state index contributed by atoms with van der Waals surface area (Å²) in [5.41, 5.74) is 1.83. The number of hydrogen-bond donors (Lipinski definition) is 0. The highest BCUT2D eigenvalue weighted by molar-refractivity contribution is 6.29. The molecule has 7 heteroatoms.